The van der Waals surface area contributed by atoms with Gasteiger partial charge in [0, 0.05) is 17.3 Å². The number of methoxy groups -OCH3 is 2. The number of hydrogen-bond acceptors (Lipinski definition) is 7. The summed E-state index contributed by atoms with van der Waals surface area (Å²) in [5, 5.41) is 14.2. The minimum Gasteiger partial charge on any atom is -0.495 e. The molecule has 0 saturated carbocycles. The molecule has 1 N–H and O–H groups in total. The van der Waals surface area contributed by atoms with Crippen molar-refractivity contribution in [2.75, 3.05) is 19.5 Å². The van der Waals surface area contributed by atoms with Gasteiger partial charge in [-0.3, -0.25) is 14.9 Å². The third kappa shape index (κ3) is 5.58. The number of halogens is 1. The van der Waals surface area contributed by atoms with Gasteiger partial charge < -0.3 is 19.5 Å². The van der Waals surface area contributed by atoms with Crippen LogP contribution in [0.4, 0.5) is 11.4 Å². The number of carbonyl (C=O) groups excluding carboxylic acids is 2. The molecule has 0 radical (unpaired) electrons. The summed E-state index contributed by atoms with van der Waals surface area (Å²) in [6.07, 6.45) is -1.33. The third-order valence-electron chi connectivity index (χ3n) is 4.60. The molecule has 0 aromatic heterocycles. The largest absolute Gasteiger partial charge is 0.495 e. The Bertz CT molecular complexity index is 1180. The fraction of sp³-hybridized carbons (Fsp3) is 0.130. The van der Waals surface area contributed by atoms with Crippen LogP contribution in [0, 0.1) is 10.1 Å². The smallest absolute Gasteiger partial charge is 0.339 e. The molecule has 9 nitrogen and oxygen atoms in total. The van der Waals surface area contributed by atoms with Crippen molar-refractivity contribution in [2.45, 2.75) is 6.10 Å². The Balaban J connectivity index is 1.88. The van der Waals surface area contributed by atoms with Crippen molar-refractivity contribution < 1.29 is 28.7 Å². The zero-order valence-electron chi connectivity index (χ0n) is 17.6. The van der Waals surface area contributed by atoms with E-state index in [0.29, 0.717) is 17.0 Å². The van der Waals surface area contributed by atoms with E-state index >= 15 is 0 Å². The maximum absolute atomic E-state index is 13.0. The summed E-state index contributed by atoms with van der Waals surface area (Å²) in [5.74, 6) is -1.14. The van der Waals surface area contributed by atoms with Gasteiger partial charge in [-0.25, -0.2) is 4.79 Å². The molecule has 0 heterocycles. The normalized spacial score (nSPS) is 11.2. The standard InChI is InChI=1S/C23H19ClN2O7/c1-31-19-11-9-16(13-17(19)24)25-22(27)21(14-6-4-3-5-7-14)33-23(28)15-8-10-20(32-2)18(12-15)26(29)30/h3-13,21H,1-2H3,(H,25,27). The minimum atomic E-state index is -1.33. The highest BCUT2D eigenvalue weighted by Crippen LogP contribution is 2.30. The van der Waals surface area contributed by atoms with Gasteiger partial charge in [0.1, 0.15) is 5.75 Å². The van der Waals surface area contributed by atoms with Gasteiger partial charge >= 0.3 is 11.7 Å². The second-order valence-electron chi connectivity index (χ2n) is 6.68. The summed E-state index contributed by atoms with van der Waals surface area (Å²) in [4.78, 5) is 36.4. The highest BCUT2D eigenvalue weighted by atomic mass is 35.5. The van der Waals surface area contributed by atoms with Crippen LogP contribution < -0.4 is 14.8 Å². The number of ether oxygens (including phenoxy) is 3. The van der Waals surface area contributed by atoms with E-state index in [1.807, 2.05) is 0 Å². The minimum absolute atomic E-state index is 0.00899. The zero-order chi connectivity index (χ0) is 24.0. The topological polar surface area (TPSA) is 117 Å². The van der Waals surface area contributed by atoms with Crippen LogP contribution in [0.25, 0.3) is 0 Å². The van der Waals surface area contributed by atoms with Gasteiger partial charge in [0.25, 0.3) is 5.91 Å². The molecule has 33 heavy (non-hydrogen) atoms. The van der Waals surface area contributed by atoms with Gasteiger partial charge in [-0.2, -0.15) is 0 Å². The quantitative estimate of drug-likeness (QED) is 0.285. The third-order valence-corrected chi connectivity index (χ3v) is 4.89. The molecule has 1 amide bonds. The zero-order valence-corrected chi connectivity index (χ0v) is 18.4. The van der Waals surface area contributed by atoms with Crippen molar-refractivity contribution in [1.29, 1.82) is 0 Å². The SMILES string of the molecule is COc1ccc(NC(=O)C(OC(=O)c2ccc(OC)c([N+](=O)[O-])c2)c2ccccc2)cc1Cl. The highest BCUT2D eigenvalue weighted by molar-refractivity contribution is 6.32. The van der Waals surface area contributed by atoms with E-state index in [9.17, 15) is 19.7 Å². The van der Waals surface area contributed by atoms with Crippen molar-refractivity contribution in [1.82, 2.24) is 0 Å². The molecule has 0 aliphatic carbocycles. The predicted octanol–water partition coefficient (Wildman–Crippen LogP) is 4.80. The molecule has 0 spiro atoms. The Kier molecular flexibility index (Phi) is 7.47. The van der Waals surface area contributed by atoms with E-state index in [1.165, 1.54) is 32.4 Å². The molecule has 170 valence electrons. The van der Waals surface area contributed by atoms with Gasteiger partial charge in [-0.05, 0) is 30.3 Å². The average molecular weight is 471 g/mol. The summed E-state index contributed by atoms with van der Waals surface area (Å²) < 4.78 is 15.5. The Morgan fingerprint density at radius 3 is 2.24 bits per heavy atom. The van der Waals surface area contributed by atoms with Gasteiger partial charge in [-0.15, -0.1) is 0 Å². The monoisotopic (exact) mass is 470 g/mol. The van der Waals surface area contributed by atoms with Crippen LogP contribution in [-0.4, -0.2) is 31.0 Å². The number of anilines is 1. The van der Waals surface area contributed by atoms with E-state index in [-0.39, 0.29) is 16.3 Å². The van der Waals surface area contributed by atoms with E-state index in [2.05, 4.69) is 5.32 Å². The molecule has 0 fully saturated rings. The molecule has 3 aromatic rings. The van der Waals surface area contributed by atoms with E-state index in [0.717, 1.165) is 6.07 Å². The predicted molar refractivity (Wildman–Crippen MR) is 121 cm³/mol. The molecule has 1 atom stereocenters. The van der Waals surface area contributed by atoms with Crippen LogP contribution in [0.2, 0.25) is 5.02 Å². The van der Waals surface area contributed by atoms with Crippen molar-refractivity contribution in [3.63, 3.8) is 0 Å². The Morgan fingerprint density at radius 1 is 0.970 bits per heavy atom. The van der Waals surface area contributed by atoms with Gasteiger partial charge in [0.15, 0.2) is 5.75 Å². The second kappa shape index (κ2) is 10.5. The first kappa shape index (κ1) is 23.6. The Labute approximate surface area is 194 Å². The molecule has 10 heteroatoms. The van der Waals surface area contributed by atoms with Crippen LogP contribution in [-0.2, 0) is 9.53 Å². The molecular weight excluding hydrogens is 452 g/mol. The Morgan fingerprint density at radius 2 is 1.64 bits per heavy atom. The first-order valence-corrected chi connectivity index (χ1v) is 9.94. The summed E-state index contributed by atoms with van der Waals surface area (Å²) in [5.41, 5.74) is 0.262. The fourth-order valence-corrected chi connectivity index (χ4v) is 3.25. The van der Waals surface area contributed by atoms with Crippen molar-refractivity contribution in [3.8, 4) is 11.5 Å². The van der Waals surface area contributed by atoms with E-state index in [4.69, 9.17) is 25.8 Å². The van der Waals surface area contributed by atoms with E-state index < -0.39 is 28.6 Å². The number of hydrogen-bond donors (Lipinski definition) is 1. The van der Waals surface area contributed by atoms with Gasteiger partial charge in [0.2, 0.25) is 6.10 Å². The van der Waals surface area contributed by atoms with Crippen LogP contribution in [0.3, 0.4) is 0 Å². The second-order valence-corrected chi connectivity index (χ2v) is 7.09. The maximum atomic E-state index is 13.0. The maximum Gasteiger partial charge on any atom is 0.339 e. The number of esters is 1. The average Bonchev–Trinajstić information content (AvgIpc) is 2.82. The molecule has 3 rings (SSSR count). The number of rotatable bonds is 8. The van der Waals surface area contributed by atoms with Crippen molar-refractivity contribution in [2.24, 2.45) is 0 Å². The number of nitro groups is 1. The fourth-order valence-electron chi connectivity index (χ4n) is 2.99. The summed E-state index contributed by atoms with van der Waals surface area (Å²) in [6.45, 7) is 0. The lowest BCUT2D eigenvalue weighted by Crippen LogP contribution is -2.26. The van der Waals surface area contributed by atoms with Crippen LogP contribution in [0.5, 0.6) is 11.5 Å². The summed E-state index contributed by atoms with van der Waals surface area (Å²) >= 11 is 6.11. The first-order chi connectivity index (χ1) is 15.8. The van der Waals surface area contributed by atoms with Crippen molar-refractivity contribution >= 4 is 34.9 Å². The van der Waals surface area contributed by atoms with Gasteiger partial charge in [-0.1, -0.05) is 41.9 Å². The number of amides is 1. The van der Waals surface area contributed by atoms with Crippen molar-refractivity contribution in [3.05, 3.63) is 93.0 Å². The molecule has 0 aliphatic rings. The lowest BCUT2D eigenvalue weighted by molar-refractivity contribution is -0.385. The molecule has 0 bridgehead atoms. The van der Waals surface area contributed by atoms with Crippen LogP contribution in [0.15, 0.2) is 66.7 Å². The number of nitrogens with one attached hydrogen (secondary N) is 1. The highest BCUT2D eigenvalue weighted by Gasteiger charge is 2.27. The number of nitrogens with zero attached hydrogens (tertiary/aromatic N) is 1. The summed E-state index contributed by atoms with van der Waals surface area (Å²) in [7, 11) is 2.75. The molecule has 1 unspecified atom stereocenters. The Hall–Kier alpha value is -4.11. The van der Waals surface area contributed by atoms with Crippen LogP contribution >= 0.6 is 11.6 Å². The number of nitro benzene ring substituents is 1. The lowest BCUT2D eigenvalue weighted by atomic mass is 10.1. The molecule has 3 aromatic carbocycles. The van der Waals surface area contributed by atoms with Crippen LogP contribution in [0.1, 0.15) is 22.0 Å². The first-order valence-electron chi connectivity index (χ1n) is 9.56. The number of carbonyl (C=O) groups is 2. The number of benzene rings is 3. The lowest BCUT2D eigenvalue weighted by Gasteiger charge is -2.18. The van der Waals surface area contributed by atoms with Gasteiger partial charge in [0.05, 0.1) is 29.7 Å². The van der Waals surface area contributed by atoms with E-state index in [1.54, 1.807) is 42.5 Å². The molecule has 0 aliphatic heterocycles. The molecule has 0 saturated heterocycles. The molecular formula is C23H19ClN2O7. The summed E-state index contributed by atoms with van der Waals surface area (Å²) in [6, 6.07) is 16.7.